The number of carbonyl (C=O) groups excluding carboxylic acids is 1. The summed E-state index contributed by atoms with van der Waals surface area (Å²) in [5.74, 6) is -0.338. The minimum Gasteiger partial charge on any atom is -0.462 e. The Labute approximate surface area is 114 Å². The Balaban J connectivity index is 2.77. The maximum Gasteiger partial charge on any atom is 0.416 e. The van der Waals surface area contributed by atoms with Gasteiger partial charge in [0.15, 0.2) is 0 Å². The molecule has 0 saturated heterocycles. The molecule has 0 spiro atoms. The molecule has 0 N–H and O–H groups in total. The van der Waals surface area contributed by atoms with E-state index in [-0.39, 0.29) is 17.2 Å². The molecule has 0 aromatic heterocycles. The van der Waals surface area contributed by atoms with Crippen LogP contribution in [0.3, 0.4) is 0 Å². The zero-order valence-corrected chi connectivity index (χ0v) is 11.3. The van der Waals surface area contributed by atoms with E-state index in [0.29, 0.717) is 12.3 Å². The molecule has 2 nitrogen and oxygen atoms in total. The molecule has 6 heteroatoms. The van der Waals surface area contributed by atoms with Gasteiger partial charge in [-0.1, -0.05) is 25.4 Å². The van der Waals surface area contributed by atoms with E-state index in [1.165, 1.54) is 0 Å². The first-order valence-electron chi connectivity index (χ1n) is 5.75. The van der Waals surface area contributed by atoms with Crippen molar-refractivity contribution in [3.63, 3.8) is 0 Å². The van der Waals surface area contributed by atoms with E-state index in [2.05, 4.69) is 0 Å². The Hall–Kier alpha value is -1.23. The summed E-state index contributed by atoms with van der Waals surface area (Å²) < 4.78 is 42.2. The van der Waals surface area contributed by atoms with Gasteiger partial charge in [0.05, 0.1) is 22.8 Å². The number of esters is 1. The molecule has 0 atom stereocenters. The van der Waals surface area contributed by atoms with Gasteiger partial charge in [0.1, 0.15) is 0 Å². The third kappa shape index (κ3) is 4.74. The van der Waals surface area contributed by atoms with E-state index in [4.69, 9.17) is 16.3 Å². The predicted octanol–water partition coefficient (Wildman–Crippen LogP) is 4.56. The summed E-state index contributed by atoms with van der Waals surface area (Å²) in [7, 11) is 0. The quantitative estimate of drug-likeness (QED) is 0.761. The van der Waals surface area contributed by atoms with Crippen molar-refractivity contribution in [2.45, 2.75) is 26.4 Å². The fraction of sp³-hybridized carbons (Fsp3) is 0.462. The Kier molecular flexibility index (Phi) is 5.23. The number of hydrogen-bond donors (Lipinski definition) is 0. The van der Waals surface area contributed by atoms with E-state index in [0.717, 1.165) is 18.2 Å². The molecule has 0 aliphatic heterocycles. The summed E-state index contributed by atoms with van der Waals surface area (Å²) in [6.07, 6.45) is -3.80. The van der Waals surface area contributed by atoms with Crippen LogP contribution < -0.4 is 0 Å². The lowest BCUT2D eigenvalue weighted by atomic mass is 10.1. The van der Waals surface area contributed by atoms with Crippen LogP contribution in [0.1, 0.15) is 36.2 Å². The first-order valence-corrected chi connectivity index (χ1v) is 6.13. The molecule has 0 amide bonds. The van der Waals surface area contributed by atoms with Gasteiger partial charge in [0, 0.05) is 0 Å². The SMILES string of the molecule is CC(C)CCOC(=O)c1ccc(C(F)(F)F)cc1Cl. The van der Waals surface area contributed by atoms with Crippen LogP contribution in [0.5, 0.6) is 0 Å². The largest absolute Gasteiger partial charge is 0.462 e. The van der Waals surface area contributed by atoms with E-state index in [9.17, 15) is 18.0 Å². The highest BCUT2D eigenvalue weighted by molar-refractivity contribution is 6.33. The third-order valence-corrected chi connectivity index (χ3v) is 2.76. The number of hydrogen-bond acceptors (Lipinski definition) is 2. The van der Waals surface area contributed by atoms with Crippen LogP contribution in [0.25, 0.3) is 0 Å². The molecule has 0 heterocycles. The normalized spacial score (nSPS) is 11.7. The van der Waals surface area contributed by atoms with Gasteiger partial charge in [-0.15, -0.1) is 0 Å². The first-order chi connectivity index (χ1) is 8.71. The summed E-state index contributed by atoms with van der Waals surface area (Å²) in [6.45, 7) is 4.16. The average molecular weight is 295 g/mol. The minimum absolute atomic E-state index is 0.0570. The third-order valence-electron chi connectivity index (χ3n) is 2.44. The van der Waals surface area contributed by atoms with Crippen LogP contribution in [0.4, 0.5) is 13.2 Å². The zero-order chi connectivity index (χ0) is 14.6. The van der Waals surface area contributed by atoms with Gasteiger partial charge in [-0.05, 0) is 30.5 Å². The molecule has 1 aromatic rings. The fourth-order valence-corrected chi connectivity index (χ4v) is 1.58. The van der Waals surface area contributed by atoms with Crippen molar-refractivity contribution >= 4 is 17.6 Å². The van der Waals surface area contributed by atoms with Crippen molar-refractivity contribution in [3.8, 4) is 0 Å². The van der Waals surface area contributed by atoms with Gasteiger partial charge >= 0.3 is 12.1 Å². The average Bonchev–Trinajstić information content (AvgIpc) is 2.26. The molecule has 0 fully saturated rings. The Morgan fingerprint density at radius 2 is 2.00 bits per heavy atom. The summed E-state index contributed by atoms with van der Waals surface area (Å²) in [5, 5.41) is -0.260. The summed E-state index contributed by atoms with van der Waals surface area (Å²) in [6, 6.07) is 2.56. The maximum absolute atomic E-state index is 12.4. The van der Waals surface area contributed by atoms with Crippen molar-refractivity contribution in [2.24, 2.45) is 5.92 Å². The second-order valence-electron chi connectivity index (χ2n) is 4.51. The van der Waals surface area contributed by atoms with Crippen LogP contribution in [-0.2, 0) is 10.9 Å². The van der Waals surface area contributed by atoms with Crippen LogP contribution >= 0.6 is 11.6 Å². The molecule has 0 aliphatic rings. The molecule has 0 aliphatic carbocycles. The smallest absolute Gasteiger partial charge is 0.416 e. The molecular formula is C13H14ClF3O2. The van der Waals surface area contributed by atoms with Crippen molar-refractivity contribution in [3.05, 3.63) is 34.3 Å². The Morgan fingerprint density at radius 3 is 2.47 bits per heavy atom. The van der Waals surface area contributed by atoms with Crippen LogP contribution in [-0.4, -0.2) is 12.6 Å². The van der Waals surface area contributed by atoms with Gasteiger partial charge in [-0.25, -0.2) is 4.79 Å². The Bertz CT molecular complexity index is 456. The van der Waals surface area contributed by atoms with Crippen molar-refractivity contribution in [1.82, 2.24) is 0 Å². The molecule has 106 valence electrons. The lowest BCUT2D eigenvalue weighted by molar-refractivity contribution is -0.137. The summed E-state index contributed by atoms with van der Waals surface area (Å²) in [5.41, 5.74) is -0.949. The van der Waals surface area contributed by atoms with Crippen LogP contribution in [0.2, 0.25) is 5.02 Å². The number of halogens is 4. The van der Waals surface area contributed by atoms with E-state index in [1.54, 1.807) is 0 Å². The fourth-order valence-electron chi connectivity index (χ4n) is 1.32. The molecule has 1 rings (SSSR count). The van der Waals surface area contributed by atoms with Crippen LogP contribution in [0.15, 0.2) is 18.2 Å². The van der Waals surface area contributed by atoms with Crippen molar-refractivity contribution in [1.29, 1.82) is 0 Å². The van der Waals surface area contributed by atoms with Gasteiger partial charge in [-0.2, -0.15) is 13.2 Å². The number of alkyl halides is 3. The monoisotopic (exact) mass is 294 g/mol. The molecule has 19 heavy (non-hydrogen) atoms. The predicted molar refractivity (Wildman–Crippen MR) is 66.2 cm³/mol. The Morgan fingerprint density at radius 1 is 1.37 bits per heavy atom. The molecule has 1 aromatic carbocycles. The lowest BCUT2D eigenvalue weighted by Gasteiger charge is -2.10. The summed E-state index contributed by atoms with van der Waals surface area (Å²) in [4.78, 5) is 11.6. The summed E-state index contributed by atoms with van der Waals surface area (Å²) >= 11 is 5.67. The first kappa shape index (κ1) is 15.8. The number of ether oxygens (including phenoxy) is 1. The standard InChI is InChI=1S/C13H14ClF3O2/c1-8(2)5-6-19-12(18)10-4-3-9(7-11(10)14)13(15,16)17/h3-4,7-8H,5-6H2,1-2H3. The highest BCUT2D eigenvalue weighted by atomic mass is 35.5. The minimum atomic E-state index is -4.48. The number of carbonyl (C=O) groups is 1. The van der Waals surface area contributed by atoms with Crippen molar-refractivity contribution < 1.29 is 22.7 Å². The van der Waals surface area contributed by atoms with Gasteiger partial charge in [0.2, 0.25) is 0 Å². The molecule has 0 bridgehead atoms. The second kappa shape index (κ2) is 6.28. The number of benzene rings is 1. The lowest BCUT2D eigenvalue weighted by Crippen LogP contribution is -2.10. The van der Waals surface area contributed by atoms with Gasteiger partial charge in [0.25, 0.3) is 0 Å². The molecule has 0 unspecified atom stereocenters. The van der Waals surface area contributed by atoms with Gasteiger partial charge in [-0.3, -0.25) is 0 Å². The topological polar surface area (TPSA) is 26.3 Å². The van der Waals surface area contributed by atoms with E-state index < -0.39 is 17.7 Å². The van der Waals surface area contributed by atoms with E-state index >= 15 is 0 Å². The molecule has 0 saturated carbocycles. The molecule has 0 radical (unpaired) electrons. The van der Waals surface area contributed by atoms with E-state index in [1.807, 2.05) is 13.8 Å². The second-order valence-corrected chi connectivity index (χ2v) is 4.92. The molecular weight excluding hydrogens is 281 g/mol. The maximum atomic E-state index is 12.4. The zero-order valence-electron chi connectivity index (χ0n) is 10.6. The number of rotatable bonds is 4. The van der Waals surface area contributed by atoms with Gasteiger partial charge < -0.3 is 4.74 Å². The van der Waals surface area contributed by atoms with Crippen molar-refractivity contribution in [2.75, 3.05) is 6.61 Å². The highest BCUT2D eigenvalue weighted by Gasteiger charge is 2.31. The van der Waals surface area contributed by atoms with Crippen LogP contribution in [0, 0.1) is 5.92 Å². The highest BCUT2D eigenvalue weighted by Crippen LogP contribution is 2.32.